The van der Waals surface area contributed by atoms with Crippen molar-refractivity contribution in [3.8, 4) is 0 Å². The van der Waals surface area contributed by atoms with Gasteiger partial charge in [-0.3, -0.25) is 9.59 Å². The van der Waals surface area contributed by atoms with E-state index in [1.807, 2.05) is 0 Å². The molecule has 6 heteroatoms. The Hall–Kier alpha value is -2.73. The summed E-state index contributed by atoms with van der Waals surface area (Å²) < 4.78 is 18.2. The number of rotatable bonds is 5. The van der Waals surface area contributed by atoms with E-state index in [1.54, 1.807) is 30.3 Å². The summed E-state index contributed by atoms with van der Waals surface area (Å²) in [6.45, 7) is 0.269. The van der Waals surface area contributed by atoms with Crippen LogP contribution in [0.2, 0.25) is 0 Å². The third-order valence-electron chi connectivity index (χ3n) is 3.14. The molecule has 0 aliphatic rings. The largest absolute Gasteiger partial charge is 0.461 e. The lowest BCUT2D eigenvalue weighted by Crippen LogP contribution is -2.22. The Labute approximate surface area is 135 Å². The molecule has 1 amide bonds. The number of nitrogens with one attached hydrogen (secondary N) is 1. The first-order valence-electron chi connectivity index (χ1n) is 6.84. The van der Waals surface area contributed by atoms with E-state index < -0.39 is 5.82 Å². The van der Waals surface area contributed by atoms with Crippen molar-refractivity contribution in [1.82, 2.24) is 5.32 Å². The first-order chi connectivity index (χ1) is 11.1. The van der Waals surface area contributed by atoms with Gasteiger partial charge in [0.25, 0.3) is 5.91 Å². The molecule has 2 heterocycles. The lowest BCUT2D eigenvalue weighted by atomic mass is 10.2. The first kappa shape index (κ1) is 15.2. The molecule has 2 aromatic heterocycles. The predicted octanol–water partition coefficient (Wildman–Crippen LogP) is 3.64. The van der Waals surface area contributed by atoms with Crippen molar-refractivity contribution in [3.05, 3.63) is 81.7 Å². The lowest BCUT2D eigenvalue weighted by Gasteiger charge is -2.03. The average Bonchev–Trinajstić information content (AvgIpc) is 3.23. The van der Waals surface area contributed by atoms with Crippen molar-refractivity contribution in [1.29, 1.82) is 0 Å². The summed E-state index contributed by atoms with van der Waals surface area (Å²) in [5.41, 5.74) is 0.258. The summed E-state index contributed by atoms with van der Waals surface area (Å²) in [6.07, 6.45) is 1.45. The number of halogens is 1. The van der Waals surface area contributed by atoms with Gasteiger partial charge in [-0.2, -0.15) is 0 Å². The molecule has 116 valence electrons. The van der Waals surface area contributed by atoms with Gasteiger partial charge in [0.15, 0.2) is 5.76 Å². The summed E-state index contributed by atoms with van der Waals surface area (Å²) in [5.74, 6) is -0.734. The second-order valence-electron chi connectivity index (χ2n) is 4.77. The van der Waals surface area contributed by atoms with E-state index in [2.05, 4.69) is 5.32 Å². The van der Waals surface area contributed by atoms with E-state index in [9.17, 15) is 14.0 Å². The zero-order valence-electron chi connectivity index (χ0n) is 11.9. The fourth-order valence-electron chi connectivity index (χ4n) is 2.02. The summed E-state index contributed by atoms with van der Waals surface area (Å²) >= 11 is 1.28. The monoisotopic (exact) mass is 329 g/mol. The minimum Gasteiger partial charge on any atom is -0.461 e. The molecule has 4 nitrogen and oxygen atoms in total. The van der Waals surface area contributed by atoms with Crippen LogP contribution in [0.4, 0.5) is 4.39 Å². The van der Waals surface area contributed by atoms with Gasteiger partial charge in [0.1, 0.15) is 5.82 Å². The highest BCUT2D eigenvalue weighted by atomic mass is 32.1. The Balaban J connectivity index is 1.63. The number of hydrogen-bond acceptors (Lipinski definition) is 4. The minimum absolute atomic E-state index is 0.192. The van der Waals surface area contributed by atoms with Crippen LogP contribution in [-0.2, 0) is 6.54 Å². The van der Waals surface area contributed by atoms with Crippen LogP contribution in [0, 0.1) is 5.82 Å². The van der Waals surface area contributed by atoms with E-state index in [0.717, 1.165) is 4.88 Å². The molecule has 0 saturated heterocycles. The minimum atomic E-state index is -0.458. The maximum Gasteiger partial charge on any atom is 0.251 e. The second kappa shape index (κ2) is 6.58. The molecule has 0 fully saturated rings. The van der Waals surface area contributed by atoms with Gasteiger partial charge >= 0.3 is 0 Å². The molecule has 0 saturated carbocycles. The Bertz CT molecular complexity index is 839. The fraction of sp³-hybridized carbons (Fsp3) is 0.0588. The van der Waals surface area contributed by atoms with Crippen LogP contribution in [0.1, 0.15) is 30.7 Å². The first-order valence-corrected chi connectivity index (χ1v) is 7.66. The fourth-order valence-corrected chi connectivity index (χ4v) is 2.92. The van der Waals surface area contributed by atoms with Crippen LogP contribution in [-0.4, -0.2) is 11.7 Å². The normalized spacial score (nSPS) is 10.5. The molecular formula is C17H12FNO3S. The molecular weight excluding hydrogens is 317 g/mol. The SMILES string of the molecule is O=C(NCc1ccc(C(=O)c2ccco2)s1)c1cccc(F)c1. The summed E-state index contributed by atoms with van der Waals surface area (Å²) in [4.78, 5) is 25.4. The van der Waals surface area contributed by atoms with Crippen LogP contribution in [0.15, 0.2) is 59.2 Å². The Morgan fingerprint density at radius 2 is 2.00 bits per heavy atom. The van der Waals surface area contributed by atoms with E-state index >= 15 is 0 Å². The maximum absolute atomic E-state index is 13.1. The van der Waals surface area contributed by atoms with Crippen LogP contribution >= 0.6 is 11.3 Å². The van der Waals surface area contributed by atoms with Gasteiger partial charge in [0, 0.05) is 10.4 Å². The van der Waals surface area contributed by atoms with E-state index in [-0.39, 0.29) is 29.6 Å². The van der Waals surface area contributed by atoms with Crippen LogP contribution < -0.4 is 5.32 Å². The van der Waals surface area contributed by atoms with Gasteiger partial charge in [-0.15, -0.1) is 11.3 Å². The van der Waals surface area contributed by atoms with Crippen LogP contribution in [0.3, 0.4) is 0 Å². The molecule has 0 atom stereocenters. The molecule has 0 radical (unpaired) electrons. The van der Waals surface area contributed by atoms with Gasteiger partial charge in [-0.1, -0.05) is 6.07 Å². The number of amides is 1. The quantitative estimate of drug-likeness (QED) is 0.727. The van der Waals surface area contributed by atoms with Crippen molar-refractivity contribution in [2.24, 2.45) is 0 Å². The Kier molecular flexibility index (Phi) is 4.34. The molecule has 1 aromatic carbocycles. The molecule has 0 bridgehead atoms. The zero-order valence-corrected chi connectivity index (χ0v) is 12.7. The van der Waals surface area contributed by atoms with Crippen molar-refractivity contribution in [2.45, 2.75) is 6.54 Å². The highest BCUT2D eigenvalue weighted by Crippen LogP contribution is 2.20. The van der Waals surface area contributed by atoms with Crippen molar-refractivity contribution < 1.29 is 18.4 Å². The van der Waals surface area contributed by atoms with E-state index in [4.69, 9.17) is 4.42 Å². The lowest BCUT2D eigenvalue weighted by molar-refractivity contribution is 0.0950. The Morgan fingerprint density at radius 3 is 2.74 bits per heavy atom. The van der Waals surface area contributed by atoms with Crippen molar-refractivity contribution in [3.63, 3.8) is 0 Å². The van der Waals surface area contributed by atoms with Gasteiger partial charge in [-0.25, -0.2) is 4.39 Å². The number of benzene rings is 1. The standard InChI is InChI=1S/C17H12FNO3S/c18-12-4-1-3-11(9-12)17(21)19-10-13-6-7-15(23-13)16(20)14-5-2-8-22-14/h1-9H,10H2,(H,19,21). The number of thiophene rings is 1. The summed E-state index contributed by atoms with van der Waals surface area (Å²) in [5, 5.41) is 2.70. The molecule has 0 spiro atoms. The van der Waals surface area contributed by atoms with Gasteiger partial charge < -0.3 is 9.73 Å². The molecule has 23 heavy (non-hydrogen) atoms. The number of carbonyl (C=O) groups excluding carboxylic acids is 2. The van der Waals surface area contributed by atoms with E-state index in [1.165, 1.54) is 35.8 Å². The molecule has 3 aromatic rings. The predicted molar refractivity (Wildman–Crippen MR) is 84.0 cm³/mol. The number of furan rings is 1. The third-order valence-corrected chi connectivity index (χ3v) is 4.22. The number of ketones is 1. The van der Waals surface area contributed by atoms with Crippen LogP contribution in [0.5, 0.6) is 0 Å². The smallest absolute Gasteiger partial charge is 0.251 e. The van der Waals surface area contributed by atoms with Crippen LogP contribution in [0.25, 0.3) is 0 Å². The molecule has 0 aliphatic carbocycles. The van der Waals surface area contributed by atoms with Gasteiger partial charge in [-0.05, 0) is 42.5 Å². The molecule has 0 aliphatic heterocycles. The third kappa shape index (κ3) is 3.54. The van der Waals surface area contributed by atoms with E-state index in [0.29, 0.717) is 4.88 Å². The highest BCUT2D eigenvalue weighted by Gasteiger charge is 2.14. The number of carbonyl (C=O) groups is 2. The van der Waals surface area contributed by atoms with Gasteiger partial charge in [0.05, 0.1) is 17.7 Å². The molecule has 1 N–H and O–H groups in total. The molecule has 3 rings (SSSR count). The molecule has 0 unspecified atom stereocenters. The number of hydrogen-bond donors (Lipinski definition) is 1. The second-order valence-corrected chi connectivity index (χ2v) is 5.93. The summed E-state index contributed by atoms with van der Waals surface area (Å²) in [7, 11) is 0. The van der Waals surface area contributed by atoms with Crippen molar-refractivity contribution in [2.75, 3.05) is 0 Å². The average molecular weight is 329 g/mol. The topological polar surface area (TPSA) is 59.3 Å². The zero-order chi connectivity index (χ0) is 16.2. The van der Waals surface area contributed by atoms with Crippen molar-refractivity contribution >= 4 is 23.0 Å². The Morgan fingerprint density at radius 1 is 1.13 bits per heavy atom. The summed E-state index contributed by atoms with van der Waals surface area (Å²) in [6, 6.07) is 12.2. The van der Waals surface area contributed by atoms with Gasteiger partial charge in [0.2, 0.25) is 5.78 Å². The maximum atomic E-state index is 13.1. The highest BCUT2D eigenvalue weighted by molar-refractivity contribution is 7.14.